The summed E-state index contributed by atoms with van der Waals surface area (Å²) in [4.78, 5) is 17.0. The lowest BCUT2D eigenvalue weighted by Crippen LogP contribution is -2.25. The molecule has 0 aliphatic rings. The minimum absolute atomic E-state index is 0.0486. The maximum absolute atomic E-state index is 12.7. The van der Waals surface area contributed by atoms with Crippen LogP contribution in [-0.4, -0.2) is 26.8 Å². The Kier molecular flexibility index (Phi) is 5.53. The van der Waals surface area contributed by atoms with Crippen LogP contribution in [0.4, 0.5) is 0 Å². The van der Waals surface area contributed by atoms with Crippen molar-refractivity contribution >= 4 is 17.5 Å². The quantitative estimate of drug-likeness (QED) is 0.719. The third kappa shape index (κ3) is 4.21. The van der Waals surface area contributed by atoms with Crippen molar-refractivity contribution in [2.24, 2.45) is 0 Å². The predicted octanol–water partition coefficient (Wildman–Crippen LogP) is 3.64. The summed E-state index contributed by atoms with van der Waals surface area (Å²) in [6.07, 6.45) is 5.12. The fraction of sp³-hybridized carbons (Fsp3) is 0.211. The van der Waals surface area contributed by atoms with Crippen molar-refractivity contribution in [3.8, 4) is 11.6 Å². The van der Waals surface area contributed by atoms with Gasteiger partial charge in [-0.15, -0.1) is 0 Å². The summed E-state index contributed by atoms with van der Waals surface area (Å²) in [5.41, 5.74) is 1.24. The summed E-state index contributed by atoms with van der Waals surface area (Å²) >= 11 is 6.05. The van der Waals surface area contributed by atoms with Gasteiger partial charge in [0.2, 0.25) is 0 Å². The van der Waals surface area contributed by atoms with E-state index in [0.29, 0.717) is 28.7 Å². The van der Waals surface area contributed by atoms with Crippen molar-refractivity contribution < 1.29 is 9.53 Å². The van der Waals surface area contributed by atoms with E-state index in [0.717, 1.165) is 5.56 Å². The molecular weight excluding hydrogens is 352 g/mol. The molecule has 2 aromatic heterocycles. The van der Waals surface area contributed by atoms with Crippen molar-refractivity contribution in [1.29, 1.82) is 0 Å². The van der Waals surface area contributed by atoms with Gasteiger partial charge in [-0.3, -0.25) is 4.79 Å². The van der Waals surface area contributed by atoms with Crippen LogP contribution >= 0.6 is 11.6 Å². The van der Waals surface area contributed by atoms with Gasteiger partial charge >= 0.3 is 0 Å². The van der Waals surface area contributed by atoms with E-state index in [1.165, 1.54) is 0 Å². The molecule has 2 heterocycles. The number of carbonyl (C=O) groups excluding carboxylic acids is 1. The monoisotopic (exact) mass is 370 g/mol. The number of amides is 1. The second kappa shape index (κ2) is 8.01. The highest BCUT2D eigenvalue weighted by Crippen LogP contribution is 2.24. The van der Waals surface area contributed by atoms with Crippen LogP contribution < -0.4 is 10.1 Å². The Balaban J connectivity index is 1.79. The van der Waals surface area contributed by atoms with Gasteiger partial charge in [-0.25, -0.2) is 9.67 Å². The minimum Gasteiger partial charge on any atom is -0.490 e. The highest BCUT2D eigenvalue weighted by Gasteiger charge is 2.15. The van der Waals surface area contributed by atoms with Crippen LogP contribution in [0, 0.1) is 0 Å². The zero-order valence-corrected chi connectivity index (χ0v) is 15.3. The molecule has 3 rings (SSSR count). The first-order chi connectivity index (χ1) is 12.5. The third-order valence-electron chi connectivity index (χ3n) is 3.58. The van der Waals surface area contributed by atoms with Gasteiger partial charge in [0.25, 0.3) is 5.91 Å². The standard InChI is InChI=1S/C19H19ClN4O2/c1-13(2)26-17-7-6-15(20)11-16(17)19(25)22-12-14-5-3-8-21-18(14)24-10-4-9-23-24/h3-11,13H,12H2,1-2H3,(H,22,25). The molecule has 0 saturated heterocycles. The Labute approximate surface area is 156 Å². The van der Waals surface area contributed by atoms with Gasteiger partial charge in [-0.05, 0) is 44.2 Å². The second-order valence-electron chi connectivity index (χ2n) is 5.93. The summed E-state index contributed by atoms with van der Waals surface area (Å²) in [5.74, 6) is 0.904. The number of nitrogens with one attached hydrogen (secondary N) is 1. The summed E-state index contributed by atoms with van der Waals surface area (Å²) < 4.78 is 7.37. The Morgan fingerprint density at radius 1 is 1.27 bits per heavy atom. The molecule has 1 aromatic carbocycles. The van der Waals surface area contributed by atoms with Crippen molar-refractivity contribution in [3.05, 3.63) is 71.1 Å². The van der Waals surface area contributed by atoms with Gasteiger partial charge in [0.1, 0.15) is 5.75 Å². The van der Waals surface area contributed by atoms with Crippen molar-refractivity contribution in [1.82, 2.24) is 20.1 Å². The van der Waals surface area contributed by atoms with E-state index < -0.39 is 0 Å². The lowest BCUT2D eigenvalue weighted by molar-refractivity contribution is 0.0945. The third-order valence-corrected chi connectivity index (χ3v) is 3.81. The van der Waals surface area contributed by atoms with Gasteiger partial charge in [0, 0.05) is 35.7 Å². The Bertz CT molecular complexity index is 894. The van der Waals surface area contributed by atoms with Gasteiger partial charge in [0.15, 0.2) is 5.82 Å². The van der Waals surface area contributed by atoms with Crippen molar-refractivity contribution in [3.63, 3.8) is 0 Å². The highest BCUT2D eigenvalue weighted by molar-refractivity contribution is 6.31. The summed E-state index contributed by atoms with van der Waals surface area (Å²) in [5, 5.41) is 7.57. The number of benzene rings is 1. The van der Waals surface area contributed by atoms with E-state index in [9.17, 15) is 4.79 Å². The average Bonchev–Trinajstić information content (AvgIpc) is 3.15. The molecule has 0 radical (unpaired) electrons. The Morgan fingerprint density at radius 2 is 2.12 bits per heavy atom. The van der Waals surface area contributed by atoms with Gasteiger partial charge in [-0.2, -0.15) is 5.10 Å². The van der Waals surface area contributed by atoms with Crippen LogP contribution in [0.25, 0.3) is 5.82 Å². The number of aromatic nitrogens is 3. The predicted molar refractivity (Wildman–Crippen MR) is 99.7 cm³/mol. The molecule has 0 unspecified atom stereocenters. The number of hydrogen-bond acceptors (Lipinski definition) is 4. The summed E-state index contributed by atoms with van der Waals surface area (Å²) in [6.45, 7) is 4.11. The normalized spacial score (nSPS) is 10.8. The largest absolute Gasteiger partial charge is 0.490 e. The van der Waals surface area contributed by atoms with Crippen LogP contribution in [0.1, 0.15) is 29.8 Å². The molecule has 1 N–H and O–H groups in total. The van der Waals surface area contributed by atoms with Gasteiger partial charge < -0.3 is 10.1 Å². The minimum atomic E-state index is -0.265. The molecule has 3 aromatic rings. The number of nitrogens with zero attached hydrogens (tertiary/aromatic N) is 3. The SMILES string of the molecule is CC(C)Oc1ccc(Cl)cc1C(=O)NCc1cccnc1-n1cccn1. The molecule has 0 aliphatic carbocycles. The van der Waals surface area contributed by atoms with E-state index in [-0.39, 0.29) is 12.0 Å². The maximum Gasteiger partial charge on any atom is 0.255 e. The molecule has 134 valence electrons. The molecule has 0 spiro atoms. The van der Waals surface area contributed by atoms with E-state index in [2.05, 4.69) is 15.4 Å². The number of rotatable bonds is 6. The van der Waals surface area contributed by atoms with Crippen LogP contribution in [0.3, 0.4) is 0 Å². The topological polar surface area (TPSA) is 69.0 Å². The number of hydrogen-bond donors (Lipinski definition) is 1. The van der Waals surface area contributed by atoms with E-state index in [1.54, 1.807) is 41.5 Å². The van der Waals surface area contributed by atoms with Crippen molar-refractivity contribution in [2.45, 2.75) is 26.5 Å². The second-order valence-corrected chi connectivity index (χ2v) is 6.36. The van der Waals surface area contributed by atoms with E-state index in [4.69, 9.17) is 16.3 Å². The summed E-state index contributed by atoms with van der Waals surface area (Å²) in [7, 11) is 0. The Hall–Kier alpha value is -2.86. The molecule has 6 nitrogen and oxygen atoms in total. The van der Waals surface area contributed by atoms with Crippen LogP contribution in [0.15, 0.2) is 55.0 Å². The van der Waals surface area contributed by atoms with E-state index in [1.807, 2.05) is 32.0 Å². The fourth-order valence-electron chi connectivity index (χ4n) is 2.48. The Morgan fingerprint density at radius 3 is 2.85 bits per heavy atom. The molecule has 0 aliphatic heterocycles. The number of pyridine rings is 1. The zero-order valence-electron chi connectivity index (χ0n) is 14.5. The molecule has 0 fully saturated rings. The number of carbonyl (C=O) groups is 1. The molecule has 26 heavy (non-hydrogen) atoms. The van der Waals surface area contributed by atoms with Gasteiger partial charge in [-0.1, -0.05) is 17.7 Å². The lowest BCUT2D eigenvalue weighted by Gasteiger charge is -2.15. The highest BCUT2D eigenvalue weighted by atomic mass is 35.5. The molecule has 0 atom stereocenters. The molecular formula is C19H19ClN4O2. The lowest BCUT2D eigenvalue weighted by atomic mass is 10.1. The number of ether oxygens (including phenoxy) is 1. The molecule has 1 amide bonds. The van der Waals surface area contributed by atoms with Crippen molar-refractivity contribution in [2.75, 3.05) is 0 Å². The van der Waals surface area contributed by atoms with Crippen LogP contribution in [-0.2, 0) is 6.54 Å². The molecule has 0 bridgehead atoms. The van der Waals surface area contributed by atoms with Crippen LogP contribution in [0.5, 0.6) is 5.75 Å². The smallest absolute Gasteiger partial charge is 0.255 e. The average molecular weight is 371 g/mol. The first-order valence-electron chi connectivity index (χ1n) is 8.23. The van der Waals surface area contributed by atoms with Crippen LogP contribution in [0.2, 0.25) is 5.02 Å². The molecule has 7 heteroatoms. The fourth-order valence-corrected chi connectivity index (χ4v) is 2.65. The number of halogens is 1. The molecule has 0 saturated carbocycles. The first-order valence-corrected chi connectivity index (χ1v) is 8.60. The van der Waals surface area contributed by atoms with E-state index >= 15 is 0 Å². The van der Waals surface area contributed by atoms with Gasteiger partial charge in [0.05, 0.1) is 11.7 Å². The zero-order chi connectivity index (χ0) is 18.5. The first kappa shape index (κ1) is 17.9. The maximum atomic E-state index is 12.7. The summed E-state index contributed by atoms with van der Waals surface area (Å²) in [6, 6.07) is 10.5.